The van der Waals surface area contributed by atoms with Gasteiger partial charge in [0.15, 0.2) is 0 Å². The summed E-state index contributed by atoms with van der Waals surface area (Å²) in [7, 11) is 0. The molecule has 0 bridgehead atoms. The van der Waals surface area contributed by atoms with Gasteiger partial charge in [-0.25, -0.2) is 9.07 Å². The number of nitrogens with zero attached hydrogens (tertiary/aromatic N) is 2. The first-order chi connectivity index (χ1) is 7.66. The second-order valence-electron chi connectivity index (χ2n) is 3.62. The smallest absolute Gasteiger partial charge is 0.148 e. The molecule has 82 valence electrons. The van der Waals surface area contributed by atoms with Crippen LogP contribution in [0.1, 0.15) is 12.5 Å². The molecule has 4 heteroatoms. The van der Waals surface area contributed by atoms with Gasteiger partial charge in [0.1, 0.15) is 17.3 Å². The van der Waals surface area contributed by atoms with Crippen LogP contribution in [0.4, 0.5) is 4.39 Å². The Morgan fingerprint density at radius 3 is 2.88 bits per heavy atom. The van der Waals surface area contributed by atoms with Gasteiger partial charge in [0, 0.05) is 12.6 Å². The Bertz CT molecular complexity index is 519. The molecule has 0 amide bonds. The van der Waals surface area contributed by atoms with Crippen molar-refractivity contribution < 1.29 is 9.18 Å². The predicted octanol–water partition coefficient (Wildman–Crippen LogP) is 2.14. The molecule has 0 spiro atoms. The molecule has 0 unspecified atom stereocenters. The van der Waals surface area contributed by atoms with Crippen LogP contribution in [-0.4, -0.2) is 15.6 Å². The first-order valence-electron chi connectivity index (χ1n) is 4.94. The Morgan fingerprint density at radius 1 is 1.44 bits per heavy atom. The molecule has 0 aliphatic rings. The Morgan fingerprint density at radius 2 is 2.19 bits per heavy atom. The molecule has 1 aromatic carbocycles. The largest absolute Gasteiger partial charge is 0.300 e. The Labute approximate surface area is 92.5 Å². The first kappa shape index (κ1) is 10.5. The summed E-state index contributed by atoms with van der Waals surface area (Å²) in [6.45, 7) is 1.51. The van der Waals surface area contributed by atoms with Crippen LogP contribution >= 0.6 is 0 Å². The summed E-state index contributed by atoms with van der Waals surface area (Å²) in [6, 6.07) is 6.38. The quantitative estimate of drug-likeness (QED) is 0.791. The van der Waals surface area contributed by atoms with Crippen LogP contribution in [0.2, 0.25) is 0 Å². The third-order valence-electron chi connectivity index (χ3n) is 2.19. The van der Waals surface area contributed by atoms with Crippen molar-refractivity contribution in [3.05, 3.63) is 48.0 Å². The van der Waals surface area contributed by atoms with Crippen LogP contribution in [0.25, 0.3) is 5.69 Å². The second kappa shape index (κ2) is 4.26. The molecule has 3 nitrogen and oxygen atoms in total. The van der Waals surface area contributed by atoms with Gasteiger partial charge in [-0.3, -0.25) is 4.79 Å². The maximum Gasteiger partial charge on any atom is 0.148 e. The number of Topliss-reactive ketones (excluding diaryl/α,β-unsaturated/α-hetero) is 1. The molecule has 1 aromatic heterocycles. The molecule has 2 rings (SSSR count). The van der Waals surface area contributed by atoms with Gasteiger partial charge in [-0.1, -0.05) is 12.1 Å². The van der Waals surface area contributed by atoms with Gasteiger partial charge >= 0.3 is 0 Å². The first-order valence-corrected chi connectivity index (χ1v) is 4.94. The Kier molecular flexibility index (Phi) is 2.81. The fraction of sp³-hybridized carbons (Fsp3) is 0.167. The van der Waals surface area contributed by atoms with E-state index < -0.39 is 0 Å². The third kappa shape index (κ3) is 2.16. The van der Waals surface area contributed by atoms with E-state index in [9.17, 15) is 9.18 Å². The fourth-order valence-corrected chi connectivity index (χ4v) is 1.51. The number of ketones is 1. The van der Waals surface area contributed by atoms with Gasteiger partial charge in [0.05, 0.1) is 6.20 Å². The average molecular weight is 218 g/mol. The topological polar surface area (TPSA) is 34.9 Å². The van der Waals surface area contributed by atoms with Gasteiger partial charge < -0.3 is 0 Å². The highest BCUT2D eigenvalue weighted by Gasteiger charge is 2.06. The van der Waals surface area contributed by atoms with Crippen LogP contribution in [-0.2, 0) is 11.2 Å². The molecule has 0 aliphatic heterocycles. The molecular formula is C12H11FN2O. The van der Waals surface area contributed by atoms with Crippen molar-refractivity contribution in [3.8, 4) is 5.69 Å². The highest BCUT2D eigenvalue weighted by molar-refractivity contribution is 5.78. The van der Waals surface area contributed by atoms with E-state index in [2.05, 4.69) is 5.10 Å². The lowest BCUT2D eigenvalue weighted by atomic mass is 10.2. The molecule has 0 saturated carbocycles. The molecule has 2 aromatic rings. The number of hydrogen-bond acceptors (Lipinski definition) is 2. The van der Waals surface area contributed by atoms with Crippen LogP contribution < -0.4 is 0 Å². The van der Waals surface area contributed by atoms with E-state index in [1.807, 2.05) is 0 Å². The number of hydrogen-bond donors (Lipinski definition) is 0. The number of halogens is 1. The monoisotopic (exact) mass is 218 g/mol. The van der Waals surface area contributed by atoms with Crippen LogP contribution in [0.3, 0.4) is 0 Å². The van der Waals surface area contributed by atoms with Crippen LogP contribution in [0.5, 0.6) is 0 Å². The third-order valence-corrected chi connectivity index (χ3v) is 2.19. The minimum atomic E-state index is -0.333. The van der Waals surface area contributed by atoms with Crippen LogP contribution in [0.15, 0.2) is 36.7 Å². The normalized spacial score (nSPS) is 10.4. The minimum absolute atomic E-state index is 0.0630. The van der Waals surface area contributed by atoms with E-state index in [1.54, 1.807) is 30.6 Å². The number of carbonyl (C=O) groups is 1. The molecule has 0 N–H and O–H groups in total. The number of aromatic nitrogens is 2. The maximum absolute atomic E-state index is 13.4. The van der Waals surface area contributed by atoms with Gasteiger partial charge in [-0.2, -0.15) is 5.10 Å². The molecule has 0 aliphatic carbocycles. The molecule has 16 heavy (non-hydrogen) atoms. The summed E-state index contributed by atoms with van der Waals surface area (Å²) < 4.78 is 14.9. The van der Waals surface area contributed by atoms with Crippen molar-refractivity contribution in [3.63, 3.8) is 0 Å². The summed E-state index contributed by atoms with van der Waals surface area (Å²) in [5, 5.41) is 4.02. The zero-order valence-electron chi connectivity index (χ0n) is 8.85. The predicted molar refractivity (Wildman–Crippen MR) is 57.9 cm³/mol. The molecule has 0 fully saturated rings. The van der Waals surface area contributed by atoms with Gasteiger partial charge in [0.25, 0.3) is 0 Å². The van der Waals surface area contributed by atoms with E-state index in [-0.39, 0.29) is 11.6 Å². The van der Waals surface area contributed by atoms with E-state index in [1.165, 1.54) is 17.7 Å². The lowest BCUT2D eigenvalue weighted by Gasteiger charge is -2.01. The van der Waals surface area contributed by atoms with Crippen molar-refractivity contribution >= 4 is 5.78 Å². The lowest BCUT2D eigenvalue weighted by molar-refractivity contribution is -0.116. The maximum atomic E-state index is 13.4. The summed E-state index contributed by atoms with van der Waals surface area (Å²) in [4.78, 5) is 10.9. The van der Waals surface area contributed by atoms with Crippen molar-refractivity contribution in [1.29, 1.82) is 0 Å². The number of carbonyl (C=O) groups excluding carboxylic acids is 1. The van der Waals surface area contributed by atoms with E-state index in [4.69, 9.17) is 0 Å². The summed E-state index contributed by atoms with van der Waals surface area (Å²) in [5.74, 6) is -0.270. The van der Waals surface area contributed by atoms with E-state index in [0.29, 0.717) is 12.1 Å². The van der Waals surface area contributed by atoms with E-state index >= 15 is 0 Å². The second-order valence-corrected chi connectivity index (χ2v) is 3.62. The summed E-state index contributed by atoms with van der Waals surface area (Å²) in [6.07, 6.45) is 3.57. The SMILES string of the molecule is CC(=O)Cc1cnn(-c2ccccc2F)c1. The molecule has 0 radical (unpaired) electrons. The zero-order valence-corrected chi connectivity index (χ0v) is 8.85. The minimum Gasteiger partial charge on any atom is -0.300 e. The van der Waals surface area contributed by atoms with E-state index in [0.717, 1.165) is 5.56 Å². The van der Waals surface area contributed by atoms with Crippen LogP contribution in [0, 0.1) is 5.82 Å². The van der Waals surface area contributed by atoms with Crippen molar-refractivity contribution in [2.75, 3.05) is 0 Å². The molecule has 0 saturated heterocycles. The van der Waals surface area contributed by atoms with Crippen molar-refractivity contribution in [2.45, 2.75) is 13.3 Å². The highest BCUT2D eigenvalue weighted by atomic mass is 19.1. The fourth-order valence-electron chi connectivity index (χ4n) is 1.51. The molecule has 1 heterocycles. The van der Waals surface area contributed by atoms with Gasteiger partial charge in [0.2, 0.25) is 0 Å². The Balaban J connectivity index is 2.32. The number of para-hydroxylation sites is 1. The van der Waals surface area contributed by atoms with Gasteiger partial charge in [-0.05, 0) is 24.6 Å². The number of benzene rings is 1. The Hall–Kier alpha value is -1.97. The summed E-state index contributed by atoms with van der Waals surface area (Å²) >= 11 is 0. The zero-order chi connectivity index (χ0) is 11.5. The molecular weight excluding hydrogens is 207 g/mol. The van der Waals surface area contributed by atoms with Crippen molar-refractivity contribution in [2.24, 2.45) is 0 Å². The number of rotatable bonds is 3. The average Bonchev–Trinajstić information content (AvgIpc) is 2.66. The van der Waals surface area contributed by atoms with Crippen molar-refractivity contribution in [1.82, 2.24) is 9.78 Å². The lowest BCUT2D eigenvalue weighted by Crippen LogP contribution is -1.98. The molecule has 0 atom stereocenters. The van der Waals surface area contributed by atoms with Gasteiger partial charge in [-0.15, -0.1) is 0 Å². The summed E-state index contributed by atoms with van der Waals surface area (Å²) in [5.41, 5.74) is 1.17. The standard InChI is InChI=1S/C12H11FN2O/c1-9(16)6-10-7-14-15(8-10)12-5-3-2-4-11(12)13/h2-5,7-8H,6H2,1H3. The highest BCUT2D eigenvalue weighted by Crippen LogP contribution is 2.12.